The predicted octanol–water partition coefficient (Wildman–Crippen LogP) is 2.95. The molecule has 108 valence electrons. The minimum absolute atomic E-state index is 0.140. The summed E-state index contributed by atoms with van der Waals surface area (Å²) in [6.07, 6.45) is 3.00. The summed E-state index contributed by atoms with van der Waals surface area (Å²) < 4.78 is 0. The van der Waals surface area contributed by atoms with Gasteiger partial charge in [-0.1, -0.05) is 41.0 Å². The number of amides is 1. The summed E-state index contributed by atoms with van der Waals surface area (Å²) in [6, 6.07) is 0. The molecule has 2 atom stereocenters. The standard InChI is InChI=1S/C15H32N2O/c1-7-9-16-14(18)15(6,10-12(3)4)17-11-13(5)8-2/h12-13,17H,7-11H2,1-6H3,(H,16,18). The fourth-order valence-electron chi connectivity index (χ4n) is 2.04. The van der Waals surface area contributed by atoms with E-state index in [0.29, 0.717) is 11.8 Å². The summed E-state index contributed by atoms with van der Waals surface area (Å²) in [6.45, 7) is 14.5. The highest BCUT2D eigenvalue weighted by molar-refractivity contribution is 5.85. The van der Waals surface area contributed by atoms with Crippen molar-refractivity contribution in [1.29, 1.82) is 0 Å². The number of hydrogen-bond donors (Lipinski definition) is 2. The first-order chi connectivity index (χ1) is 8.35. The van der Waals surface area contributed by atoms with E-state index >= 15 is 0 Å². The molecular weight excluding hydrogens is 224 g/mol. The van der Waals surface area contributed by atoms with Crippen LogP contribution in [0, 0.1) is 11.8 Å². The lowest BCUT2D eigenvalue weighted by atomic mass is 9.89. The summed E-state index contributed by atoms with van der Waals surface area (Å²) in [5, 5.41) is 6.49. The highest BCUT2D eigenvalue weighted by Gasteiger charge is 2.33. The largest absolute Gasteiger partial charge is 0.355 e. The quantitative estimate of drug-likeness (QED) is 0.666. The maximum atomic E-state index is 12.3. The van der Waals surface area contributed by atoms with Crippen molar-refractivity contribution in [1.82, 2.24) is 10.6 Å². The molecule has 0 aromatic heterocycles. The average molecular weight is 256 g/mol. The van der Waals surface area contributed by atoms with Crippen molar-refractivity contribution < 1.29 is 4.79 Å². The van der Waals surface area contributed by atoms with E-state index in [1.165, 1.54) is 0 Å². The van der Waals surface area contributed by atoms with Gasteiger partial charge in [-0.25, -0.2) is 0 Å². The van der Waals surface area contributed by atoms with Crippen molar-refractivity contribution in [3.8, 4) is 0 Å². The minimum atomic E-state index is -0.438. The fraction of sp³-hybridized carbons (Fsp3) is 0.933. The molecule has 0 bridgehead atoms. The van der Waals surface area contributed by atoms with Crippen LogP contribution in [-0.2, 0) is 4.79 Å². The topological polar surface area (TPSA) is 41.1 Å². The number of hydrogen-bond acceptors (Lipinski definition) is 2. The molecule has 0 aliphatic rings. The Morgan fingerprint density at radius 1 is 1.22 bits per heavy atom. The maximum absolute atomic E-state index is 12.3. The monoisotopic (exact) mass is 256 g/mol. The van der Waals surface area contributed by atoms with Crippen LogP contribution in [-0.4, -0.2) is 24.5 Å². The van der Waals surface area contributed by atoms with Crippen LogP contribution in [0.2, 0.25) is 0 Å². The normalized spacial score (nSPS) is 16.4. The predicted molar refractivity (Wildman–Crippen MR) is 78.6 cm³/mol. The van der Waals surface area contributed by atoms with Crippen LogP contribution in [0.15, 0.2) is 0 Å². The lowest BCUT2D eigenvalue weighted by Gasteiger charge is -2.32. The molecule has 2 N–H and O–H groups in total. The second kappa shape index (κ2) is 8.52. The molecule has 0 saturated carbocycles. The van der Waals surface area contributed by atoms with Gasteiger partial charge >= 0.3 is 0 Å². The molecule has 3 nitrogen and oxygen atoms in total. The summed E-state index contributed by atoms with van der Waals surface area (Å²) in [5.74, 6) is 1.25. The van der Waals surface area contributed by atoms with Crippen LogP contribution in [0.4, 0.5) is 0 Å². The lowest BCUT2D eigenvalue weighted by Crippen LogP contribution is -2.56. The first-order valence-electron chi connectivity index (χ1n) is 7.39. The SMILES string of the molecule is CCCNC(=O)C(C)(CC(C)C)NCC(C)CC. The van der Waals surface area contributed by atoms with Gasteiger partial charge in [0.1, 0.15) is 0 Å². The summed E-state index contributed by atoms with van der Waals surface area (Å²) in [5.41, 5.74) is -0.438. The fourth-order valence-corrected chi connectivity index (χ4v) is 2.04. The number of rotatable bonds is 9. The van der Waals surface area contributed by atoms with Gasteiger partial charge in [-0.3, -0.25) is 4.79 Å². The molecule has 0 aromatic carbocycles. The number of carbonyl (C=O) groups excluding carboxylic acids is 1. The maximum Gasteiger partial charge on any atom is 0.240 e. The minimum Gasteiger partial charge on any atom is -0.355 e. The Morgan fingerprint density at radius 2 is 1.83 bits per heavy atom. The second-order valence-electron chi connectivity index (χ2n) is 6.08. The first-order valence-corrected chi connectivity index (χ1v) is 7.39. The van der Waals surface area contributed by atoms with Crippen molar-refractivity contribution in [2.75, 3.05) is 13.1 Å². The first kappa shape index (κ1) is 17.4. The molecule has 1 amide bonds. The Morgan fingerprint density at radius 3 is 2.28 bits per heavy atom. The van der Waals surface area contributed by atoms with Gasteiger partial charge in [-0.15, -0.1) is 0 Å². The molecular formula is C15H32N2O. The van der Waals surface area contributed by atoms with Crippen molar-refractivity contribution in [2.45, 2.75) is 66.3 Å². The van der Waals surface area contributed by atoms with E-state index in [1.807, 2.05) is 6.92 Å². The number of carbonyl (C=O) groups is 1. The smallest absolute Gasteiger partial charge is 0.240 e. The molecule has 3 heteroatoms. The second-order valence-corrected chi connectivity index (χ2v) is 6.08. The Kier molecular flexibility index (Phi) is 8.25. The number of nitrogens with one attached hydrogen (secondary N) is 2. The van der Waals surface area contributed by atoms with Crippen molar-refractivity contribution >= 4 is 5.91 Å². The van der Waals surface area contributed by atoms with E-state index in [2.05, 4.69) is 45.3 Å². The third kappa shape index (κ3) is 6.39. The Hall–Kier alpha value is -0.570. The molecule has 2 unspecified atom stereocenters. The van der Waals surface area contributed by atoms with Crippen LogP contribution in [0.5, 0.6) is 0 Å². The van der Waals surface area contributed by atoms with E-state index < -0.39 is 5.54 Å². The van der Waals surface area contributed by atoms with Gasteiger partial charge in [0.05, 0.1) is 5.54 Å². The highest BCUT2D eigenvalue weighted by atomic mass is 16.2. The molecule has 0 aliphatic carbocycles. The summed E-state index contributed by atoms with van der Waals surface area (Å²) in [7, 11) is 0. The summed E-state index contributed by atoms with van der Waals surface area (Å²) >= 11 is 0. The van der Waals surface area contributed by atoms with Gasteiger partial charge in [0.15, 0.2) is 0 Å². The van der Waals surface area contributed by atoms with Crippen molar-refractivity contribution in [3.63, 3.8) is 0 Å². The third-order valence-corrected chi connectivity index (χ3v) is 3.39. The van der Waals surface area contributed by atoms with Crippen LogP contribution >= 0.6 is 0 Å². The zero-order chi connectivity index (χ0) is 14.2. The van der Waals surface area contributed by atoms with E-state index in [1.54, 1.807) is 0 Å². The van der Waals surface area contributed by atoms with Gasteiger partial charge in [-0.05, 0) is 38.1 Å². The Labute approximate surface area is 113 Å². The molecule has 0 fully saturated rings. The van der Waals surface area contributed by atoms with E-state index in [0.717, 1.165) is 32.4 Å². The van der Waals surface area contributed by atoms with Crippen molar-refractivity contribution in [3.05, 3.63) is 0 Å². The summed E-state index contributed by atoms with van der Waals surface area (Å²) in [4.78, 5) is 12.3. The molecule has 18 heavy (non-hydrogen) atoms. The average Bonchev–Trinajstić information content (AvgIpc) is 2.31. The van der Waals surface area contributed by atoms with Crippen LogP contribution in [0.3, 0.4) is 0 Å². The molecule has 0 radical (unpaired) electrons. The zero-order valence-corrected chi connectivity index (χ0v) is 13.1. The van der Waals surface area contributed by atoms with Gasteiger partial charge in [0.25, 0.3) is 0 Å². The van der Waals surface area contributed by atoms with Gasteiger partial charge in [0, 0.05) is 6.54 Å². The molecule has 0 aliphatic heterocycles. The van der Waals surface area contributed by atoms with E-state index in [-0.39, 0.29) is 5.91 Å². The lowest BCUT2D eigenvalue weighted by molar-refractivity contribution is -0.127. The van der Waals surface area contributed by atoms with Gasteiger partial charge < -0.3 is 10.6 Å². The van der Waals surface area contributed by atoms with Gasteiger partial charge in [0.2, 0.25) is 5.91 Å². The van der Waals surface area contributed by atoms with E-state index in [9.17, 15) is 4.79 Å². The Balaban J connectivity index is 4.55. The molecule has 0 saturated heterocycles. The van der Waals surface area contributed by atoms with Crippen LogP contribution < -0.4 is 10.6 Å². The Bertz CT molecular complexity index is 241. The molecule has 0 heterocycles. The van der Waals surface area contributed by atoms with Crippen molar-refractivity contribution in [2.24, 2.45) is 11.8 Å². The zero-order valence-electron chi connectivity index (χ0n) is 13.1. The van der Waals surface area contributed by atoms with E-state index in [4.69, 9.17) is 0 Å². The molecule has 0 aromatic rings. The van der Waals surface area contributed by atoms with Gasteiger partial charge in [-0.2, -0.15) is 0 Å². The van der Waals surface area contributed by atoms with Crippen LogP contribution in [0.25, 0.3) is 0 Å². The molecule has 0 spiro atoms. The highest BCUT2D eigenvalue weighted by Crippen LogP contribution is 2.17. The third-order valence-electron chi connectivity index (χ3n) is 3.39. The molecule has 0 rings (SSSR count). The van der Waals surface area contributed by atoms with Crippen LogP contribution in [0.1, 0.15) is 60.8 Å².